The first-order chi connectivity index (χ1) is 13.1. The maximum absolute atomic E-state index is 11.3. The summed E-state index contributed by atoms with van der Waals surface area (Å²) in [5.74, 6) is 1.36. The van der Waals surface area contributed by atoms with Gasteiger partial charge in [-0.15, -0.1) is 24.0 Å². The average molecular weight is 512 g/mol. The number of hydrogen-bond donors (Lipinski definition) is 2. The number of morpholine rings is 1. The fraction of sp³-hybridized carbons (Fsp3) is 0.900. The van der Waals surface area contributed by atoms with Crippen molar-refractivity contribution < 1.29 is 14.3 Å². The molecular weight excluding hydrogens is 471 g/mol. The van der Waals surface area contributed by atoms with E-state index in [1.807, 2.05) is 14.0 Å². The maximum Gasteiger partial charge on any atom is 0.305 e. The van der Waals surface area contributed by atoms with Crippen LogP contribution in [-0.4, -0.2) is 75.9 Å². The van der Waals surface area contributed by atoms with Gasteiger partial charge in [-0.1, -0.05) is 26.7 Å². The van der Waals surface area contributed by atoms with Gasteiger partial charge in [-0.25, -0.2) is 0 Å². The number of hydrogen-bond acceptors (Lipinski definition) is 5. The largest absolute Gasteiger partial charge is 0.466 e. The van der Waals surface area contributed by atoms with E-state index in [4.69, 9.17) is 9.47 Å². The van der Waals surface area contributed by atoms with Gasteiger partial charge in [0.05, 0.1) is 19.8 Å². The Morgan fingerprint density at radius 1 is 1.14 bits per heavy atom. The van der Waals surface area contributed by atoms with Crippen LogP contribution in [0.1, 0.15) is 52.9 Å². The molecule has 1 atom stereocenters. The molecule has 0 aliphatic carbocycles. The van der Waals surface area contributed by atoms with Crippen LogP contribution >= 0.6 is 24.0 Å². The molecule has 0 aromatic rings. The van der Waals surface area contributed by atoms with E-state index in [0.717, 1.165) is 71.0 Å². The number of ether oxygens (including phenoxy) is 2. The van der Waals surface area contributed by atoms with Crippen LogP contribution < -0.4 is 10.6 Å². The van der Waals surface area contributed by atoms with Gasteiger partial charge in [0, 0.05) is 45.7 Å². The van der Waals surface area contributed by atoms with Crippen molar-refractivity contribution in [3.05, 3.63) is 0 Å². The lowest BCUT2D eigenvalue weighted by Crippen LogP contribution is -2.52. The van der Waals surface area contributed by atoms with Gasteiger partial charge in [0.2, 0.25) is 0 Å². The zero-order valence-corrected chi connectivity index (χ0v) is 20.5. The summed E-state index contributed by atoms with van der Waals surface area (Å²) in [5.41, 5.74) is 0. The van der Waals surface area contributed by atoms with E-state index in [-0.39, 0.29) is 29.9 Å². The van der Waals surface area contributed by atoms with E-state index in [9.17, 15) is 4.79 Å². The van der Waals surface area contributed by atoms with Crippen LogP contribution in [0.4, 0.5) is 0 Å². The Hall–Kier alpha value is -0.610. The molecule has 7 nitrogen and oxygen atoms in total. The summed E-state index contributed by atoms with van der Waals surface area (Å²) in [7, 11) is 1.81. The number of guanidine groups is 1. The van der Waals surface area contributed by atoms with Crippen LogP contribution in [0.2, 0.25) is 0 Å². The van der Waals surface area contributed by atoms with Crippen LogP contribution in [0, 0.1) is 5.92 Å². The van der Waals surface area contributed by atoms with Crippen molar-refractivity contribution in [2.45, 2.75) is 58.9 Å². The number of nitrogens with one attached hydrogen (secondary N) is 2. The summed E-state index contributed by atoms with van der Waals surface area (Å²) >= 11 is 0. The third kappa shape index (κ3) is 12.1. The number of unbranched alkanes of at least 4 members (excludes halogenated alkanes) is 3. The fourth-order valence-corrected chi connectivity index (χ4v) is 3.31. The average Bonchev–Trinajstić information content (AvgIpc) is 2.66. The van der Waals surface area contributed by atoms with E-state index in [0.29, 0.717) is 25.0 Å². The lowest BCUT2D eigenvalue weighted by Gasteiger charge is -2.37. The molecule has 0 spiro atoms. The first kappa shape index (κ1) is 27.4. The molecule has 1 heterocycles. The monoisotopic (exact) mass is 512 g/mol. The van der Waals surface area contributed by atoms with E-state index < -0.39 is 0 Å². The van der Waals surface area contributed by atoms with Crippen LogP contribution in [-0.2, 0) is 14.3 Å². The number of esters is 1. The van der Waals surface area contributed by atoms with Crippen molar-refractivity contribution in [3.8, 4) is 0 Å². The fourth-order valence-electron chi connectivity index (χ4n) is 3.31. The number of carbonyl (C=O) groups excluding carboxylic acids is 1. The first-order valence-electron chi connectivity index (χ1n) is 10.5. The van der Waals surface area contributed by atoms with Crippen LogP contribution in [0.25, 0.3) is 0 Å². The number of nitrogens with zero attached hydrogens (tertiary/aromatic N) is 2. The van der Waals surface area contributed by atoms with E-state index >= 15 is 0 Å². The molecule has 0 aromatic heterocycles. The molecule has 166 valence electrons. The van der Waals surface area contributed by atoms with Gasteiger partial charge < -0.3 is 20.1 Å². The van der Waals surface area contributed by atoms with Gasteiger partial charge in [-0.2, -0.15) is 0 Å². The topological polar surface area (TPSA) is 75.2 Å². The van der Waals surface area contributed by atoms with Crippen molar-refractivity contribution in [2.75, 3.05) is 53.0 Å². The summed E-state index contributed by atoms with van der Waals surface area (Å²) in [6.07, 6.45) is 4.66. The molecule has 0 saturated carbocycles. The third-order valence-electron chi connectivity index (χ3n) is 4.89. The van der Waals surface area contributed by atoms with Gasteiger partial charge >= 0.3 is 5.97 Å². The summed E-state index contributed by atoms with van der Waals surface area (Å²) in [6.45, 7) is 12.3. The van der Waals surface area contributed by atoms with Crippen LogP contribution in [0.5, 0.6) is 0 Å². The summed E-state index contributed by atoms with van der Waals surface area (Å²) in [6, 6.07) is 0.482. The molecular formula is C20H41IN4O3. The van der Waals surface area contributed by atoms with E-state index in [1.54, 1.807) is 0 Å². The molecule has 1 unspecified atom stereocenters. The summed E-state index contributed by atoms with van der Waals surface area (Å²) in [5, 5.41) is 6.87. The van der Waals surface area contributed by atoms with Gasteiger partial charge in [-0.3, -0.25) is 14.7 Å². The third-order valence-corrected chi connectivity index (χ3v) is 4.89. The highest BCUT2D eigenvalue weighted by molar-refractivity contribution is 14.0. The zero-order chi connectivity index (χ0) is 19.9. The standard InChI is InChI=1S/C20H40N4O3.HI/c1-5-27-19(25)10-8-6-7-9-11-22-20(21-4)23-16-18(17(2)3)24-12-14-26-15-13-24;/h17-18H,5-16H2,1-4H3,(H2,21,22,23);1H. The SMILES string of the molecule is CCOC(=O)CCCCCCNC(=NC)NCC(C(C)C)N1CCOCC1.I. The molecule has 0 amide bonds. The van der Waals surface area contributed by atoms with Crippen molar-refractivity contribution in [1.29, 1.82) is 0 Å². The van der Waals surface area contributed by atoms with Gasteiger partial charge in [0.15, 0.2) is 5.96 Å². The molecule has 1 saturated heterocycles. The van der Waals surface area contributed by atoms with Gasteiger partial charge in [0.25, 0.3) is 0 Å². The van der Waals surface area contributed by atoms with Crippen molar-refractivity contribution >= 4 is 35.9 Å². The minimum Gasteiger partial charge on any atom is -0.466 e. The molecule has 8 heteroatoms. The highest BCUT2D eigenvalue weighted by Gasteiger charge is 2.23. The highest BCUT2D eigenvalue weighted by Crippen LogP contribution is 2.12. The highest BCUT2D eigenvalue weighted by atomic mass is 127. The molecule has 2 N–H and O–H groups in total. The second kappa shape index (κ2) is 17.3. The van der Waals surface area contributed by atoms with Crippen LogP contribution in [0.3, 0.4) is 0 Å². The van der Waals surface area contributed by atoms with Gasteiger partial charge in [0.1, 0.15) is 0 Å². The Morgan fingerprint density at radius 2 is 1.82 bits per heavy atom. The molecule has 28 heavy (non-hydrogen) atoms. The smallest absolute Gasteiger partial charge is 0.305 e. The molecule has 1 fully saturated rings. The van der Waals surface area contributed by atoms with Crippen molar-refractivity contribution in [2.24, 2.45) is 10.9 Å². The normalized spacial score (nSPS) is 16.4. The lowest BCUT2D eigenvalue weighted by molar-refractivity contribution is -0.143. The predicted molar refractivity (Wildman–Crippen MR) is 126 cm³/mol. The Bertz CT molecular complexity index is 430. The van der Waals surface area contributed by atoms with Crippen LogP contribution in [0.15, 0.2) is 4.99 Å². The van der Waals surface area contributed by atoms with Gasteiger partial charge in [-0.05, 0) is 25.7 Å². The molecule has 0 radical (unpaired) electrons. The Morgan fingerprint density at radius 3 is 2.43 bits per heavy atom. The maximum atomic E-state index is 11.3. The minimum absolute atomic E-state index is 0. The van der Waals surface area contributed by atoms with Crippen molar-refractivity contribution in [3.63, 3.8) is 0 Å². The van der Waals surface area contributed by atoms with E-state index in [1.165, 1.54) is 0 Å². The predicted octanol–water partition coefficient (Wildman–Crippen LogP) is 2.64. The molecule has 0 bridgehead atoms. The Balaban J connectivity index is 0.00000729. The molecule has 0 aromatic carbocycles. The molecule has 1 rings (SSSR count). The summed E-state index contributed by atoms with van der Waals surface area (Å²) in [4.78, 5) is 18.1. The minimum atomic E-state index is -0.0831. The lowest BCUT2D eigenvalue weighted by atomic mass is 10.0. The molecule has 1 aliphatic rings. The molecule has 1 aliphatic heterocycles. The summed E-state index contributed by atoms with van der Waals surface area (Å²) < 4.78 is 10.4. The number of aliphatic imine (C=N–C) groups is 1. The number of halogens is 1. The van der Waals surface area contributed by atoms with Crippen molar-refractivity contribution in [1.82, 2.24) is 15.5 Å². The number of carbonyl (C=O) groups is 1. The van der Waals surface area contributed by atoms with E-state index in [2.05, 4.69) is 34.4 Å². The number of rotatable bonds is 12. The first-order valence-corrected chi connectivity index (χ1v) is 10.5. The quantitative estimate of drug-likeness (QED) is 0.138. The Labute approximate surface area is 188 Å². The zero-order valence-electron chi connectivity index (χ0n) is 18.2. The Kier molecular flexibility index (Phi) is 16.9. The second-order valence-corrected chi connectivity index (χ2v) is 7.31. The second-order valence-electron chi connectivity index (χ2n) is 7.31.